The van der Waals surface area contributed by atoms with E-state index in [-0.39, 0.29) is 12.5 Å². The number of hydrogen-bond donors (Lipinski definition) is 2. The average molecular weight is 479 g/mol. The van der Waals surface area contributed by atoms with Crippen LogP contribution in [0, 0.1) is 0 Å². The summed E-state index contributed by atoms with van der Waals surface area (Å²) in [6.45, 7) is 10.9. The first-order valence-electron chi connectivity index (χ1n) is 13.4. The van der Waals surface area contributed by atoms with E-state index in [1.54, 1.807) is 0 Å². The van der Waals surface area contributed by atoms with Gasteiger partial charge in [-0.3, -0.25) is 4.90 Å². The summed E-state index contributed by atoms with van der Waals surface area (Å²) in [6.07, 6.45) is 7.05. The van der Waals surface area contributed by atoms with Crippen LogP contribution in [0.2, 0.25) is 0 Å². The minimum absolute atomic E-state index is 0.184. The van der Waals surface area contributed by atoms with Crippen molar-refractivity contribution in [3.05, 3.63) is 47.8 Å². The van der Waals surface area contributed by atoms with Gasteiger partial charge in [0.15, 0.2) is 0 Å². The molecule has 0 unspecified atom stereocenters. The van der Waals surface area contributed by atoms with E-state index in [4.69, 9.17) is 5.10 Å². The fourth-order valence-electron chi connectivity index (χ4n) is 4.95. The maximum atomic E-state index is 9.78. The quantitative estimate of drug-likeness (QED) is 0.396. The van der Waals surface area contributed by atoms with Crippen molar-refractivity contribution in [3.63, 3.8) is 0 Å². The first-order chi connectivity index (χ1) is 17.1. The third-order valence-electron chi connectivity index (χ3n) is 7.15. The Bertz CT molecular complexity index is 1060. The zero-order chi connectivity index (χ0) is 24.6. The molecule has 2 N–H and O–H groups in total. The molecular formula is C28H42N6O. The third kappa shape index (κ3) is 6.40. The molecule has 4 rings (SSSR count). The minimum Gasteiger partial charge on any atom is -0.396 e. The highest BCUT2D eigenvalue weighted by atomic mass is 16.3. The largest absolute Gasteiger partial charge is 0.396 e. The number of piperazine rings is 1. The van der Waals surface area contributed by atoms with E-state index in [2.05, 4.69) is 75.8 Å². The molecule has 0 saturated carbocycles. The molecule has 1 saturated heterocycles. The predicted octanol–water partition coefficient (Wildman–Crippen LogP) is 4.62. The lowest BCUT2D eigenvalue weighted by Crippen LogP contribution is -2.43. The first-order valence-corrected chi connectivity index (χ1v) is 13.4. The summed E-state index contributed by atoms with van der Waals surface area (Å²) >= 11 is 0. The Morgan fingerprint density at radius 3 is 2.49 bits per heavy atom. The van der Waals surface area contributed by atoms with Crippen molar-refractivity contribution in [1.82, 2.24) is 24.4 Å². The van der Waals surface area contributed by atoms with E-state index >= 15 is 0 Å². The Morgan fingerprint density at radius 1 is 1.03 bits per heavy atom. The van der Waals surface area contributed by atoms with Crippen LogP contribution >= 0.6 is 0 Å². The Labute approximate surface area is 210 Å². The normalized spacial score (nSPS) is 16.1. The number of likely N-dealkylation sites (N-methyl/N-ethyl adjacent to an activating group) is 1. The summed E-state index contributed by atoms with van der Waals surface area (Å²) in [5, 5.41) is 18.0. The Balaban J connectivity index is 1.64. The molecule has 0 spiro atoms. The highest BCUT2D eigenvalue weighted by Gasteiger charge is 2.21. The van der Waals surface area contributed by atoms with Crippen molar-refractivity contribution in [3.8, 4) is 11.1 Å². The van der Waals surface area contributed by atoms with Gasteiger partial charge in [-0.15, -0.1) is 5.10 Å². The van der Waals surface area contributed by atoms with Crippen LogP contribution in [-0.4, -0.2) is 75.9 Å². The van der Waals surface area contributed by atoms with Crippen molar-refractivity contribution < 1.29 is 5.11 Å². The number of aliphatic hydroxyl groups excluding tert-OH is 1. The molecule has 3 heterocycles. The van der Waals surface area contributed by atoms with Crippen LogP contribution in [0.1, 0.15) is 63.1 Å². The van der Waals surface area contributed by atoms with Gasteiger partial charge in [0.25, 0.3) is 0 Å². The van der Waals surface area contributed by atoms with Gasteiger partial charge in [0, 0.05) is 63.1 Å². The van der Waals surface area contributed by atoms with Gasteiger partial charge < -0.3 is 15.3 Å². The number of aromatic nitrogens is 3. The van der Waals surface area contributed by atoms with Crippen LogP contribution in [0.5, 0.6) is 0 Å². The number of anilines is 1. The number of aliphatic hydroxyl groups is 1. The highest BCUT2D eigenvalue weighted by molar-refractivity contribution is 5.81. The molecule has 0 amide bonds. The fraction of sp³-hybridized carbons (Fsp3) is 0.571. The van der Waals surface area contributed by atoms with Gasteiger partial charge in [-0.2, -0.15) is 0 Å². The number of rotatable bonds is 12. The van der Waals surface area contributed by atoms with Crippen LogP contribution in [0.15, 0.2) is 36.5 Å². The standard InChI is InChI=1S/C28H42N6O/c1-4-6-7-24(12-18-35)26-19-25(27-20-30-28(29-13-5-2)31-34(26)27)23-10-8-22(9-11-23)21-33-16-14-32(3)15-17-33/h8-11,19-20,24,35H,4-7,12-18,21H2,1-3H3,(H,29,31)/t24-/m1/s1. The topological polar surface area (TPSA) is 68.9 Å². The average Bonchev–Trinajstić information content (AvgIpc) is 3.26. The van der Waals surface area contributed by atoms with Crippen molar-refractivity contribution in [1.29, 1.82) is 0 Å². The Kier molecular flexibility index (Phi) is 9.12. The maximum Gasteiger partial charge on any atom is 0.241 e. The van der Waals surface area contributed by atoms with Crippen molar-refractivity contribution in [2.45, 2.75) is 58.4 Å². The second-order valence-corrected chi connectivity index (χ2v) is 9.92. The second-order valence-electron chi connectivity index (χ2n) is 9.92. The summed E-state index contributed by atoms with van der Waals surface area (Å²) in [7, 11) is 2.20. The van der Waals surface area contributed by atoms with E-state index in [9.17, 15) is 5.11 Å². The van der Waals surface area contributed by atoms with E-state index in [0.717, 1.165) is 82.5 Å². The fourth-order valence-corrected chi connectivity index (χ4v) is 4.95. The number of nitrogens with one attached hydrogen (secondary N) is 1. The molecule has 1 aromatic carbocycles. The molecule has 0 aliphatic carbocycles. The molecular weight excluding hydrogens is 436 g/mol. The molecule has 7 heteroatoms. The first kappa shape index (κ1) is 25.6. The van der Waals surface area contributed by atoms with Crippen molar-refractivity contribution in [2.75, 3.05) is 51.7 Å². The predicted molar refractivity (Wildman–Crippen MR) is 144 cm³/mol. The molecule has 35 heavy (non-hydrogen) atoms. The molecule has 1 aliphatic rings. The van der Waals surface area contributed by atoms with Crippen molar-refractivity contribution >= 4 is 11.5 Å². The van der Waals surface area contributed by atoms with Crippen molar-refractivity contribution in [2.24, 2.45) is 0 Å². The molecule has 2 aromatic heterocycles. The van der Waals surface area contributed by atoms with E-state index in [0.29, 0.717) is 5.95 Å². The zero-order valence-corrected chi connectivity index (χ0v) is 21.7. The van der Waals surface area contributed by atoms with Gasteiger partial charge in [0.1, 0.15) is 0 Å². The molecule has 1 atom stereocenters. The van der Waals surface area contributed by atoms with Gasteiger partial charge in [-0.1, -0.05) is 51.0 Å². The Hall–Kier alpha value is -2.48. The van der Waals surface area contributed by atoms with Gasteiger partial charge >= 0.3 is 0 Å². The lowest BCUT2D eigenvalue weighted by molar-refractivity contribution is 0.148. The number of unbranched alkanes of at least 4 members (excludes halogenated alkanes) is 1. The zero-order valence-electron chi connectivity index (χ0n) is 21.7. The lowest BCUT2D eigenvalue weighted by atomic mass is 9.94. The van der Waals surface area contributed by atoms with E-state index < -0.39 is 0 Å². The molecule has 0 radical (unpaired) electrons. The monoisotopic (exact) mass is 478 g/mol. The number of nitrogens with zero attached hydrogens (tertiary/aromatic N) is 5. The smallest absolute Gasteiger partial charge is 0.241 e. The van der Waals surface area contributed by atoms with E-state index in [1.165, 1.54) is 16.8 Å². The molecule has 1 aliphatic heterocycles. The summed E-state index contributed by atoms with van der Waals surface area (Å²) in [5.41, 5.74) is 5.89. The maximum absolute atomic E-state index is 9.78. The van der Waals surface area contributed by atoms with Gasteiger partial charge in [-0.05, 0) is 43.5 Å². The number of fused-ring (bicyclic) bond motifs is 1. The van der Waals surface area contributed by atoms with Crippen LogP contribution < -0.4 is 5.32 Å². The summed E-state index contributed by atoms with van der Waals surface area (Å²) in [4.78, 5) is 9.54. The summed E-state index contributed by atoms with van der Waals surface area (Å²) < 4.78 is 2.06. The van der Waals surface area contributed by atoms with Crippen LogP contribution in [-0.2, 0) is 6.54 Å². The second kappa shape index (κ2) is 12.5. The molecule has 0 bridgehead atoms. The minimum atomic E-state index is 0.184. The van der Waals surface area contributed by atoms with Gasteiger partial charge in [0.05, 0.1) is 11.7 Å². The van der Waals surface area contributed by atoms with E-state index in [1.807, 2.05) is 6.20 Å². The van der Waals surface area contributed by atoms with Crippen LogP contribution in [0.4, 0.5) is 5.95 Å². The third-order valence-corrected chi connectivity index (χ3v) is 7.15. The molecule has 190 valence electrons. The molecule has 1 fully saturated rings. The van der Waals surface area contributed by atoms with Crippen LogP contribution in [0.25, 0.3) is 16.6 Å². The lowest BCUT2D eigenvalue weighted by Gasteiger charge is -2.32. The van der Waals surface area contributed by atoms with Crippen LogP contribution in [0.3, 0.4) is 0 Å². The SMILES string of the molecule is CCCC[C@H](CCO)c1cc(-c2ccc(CN3CCN(C)CC3)cc2)c2cnc(NCCC)nn12. The highest BCUT2D eigenvalue weighted by Crippen LogP contribution is 2.34. The molecule has 7 nitrogen and oxygen atoms in total. The molecule has 3 aromatic rings. The Morgan fingerprint density at radius 2 is 1.80 bits per heavy atom. The van der Waals surface area contributed by atoms with Gasteiger partial charge in [-0.25, -0.2) is 9.50 Å². The number of hydrogen-bond acceptors (Lipinski definition) is 6. The summed E-state index contributed by atoms with van der Waals surface area (Å²) in [6, 6.07) is 11.3. The number of benzene rings is 1. The summed E-state index contributed by atoms with van der Waals surface area (Å²) in [5.74, 6) is 0.926. The van der Waals surface area contributed by atoms with Gasteiger partial charge in [0.2, 0.25) is 5.95 Å².